The number of aromatic amines is 1. The van der Waals surface area contributed by atoms with Gasteiger partial charge in [-0.05, 0) is 37.7 Å². The van der Waals surface area contributed by atoms with E-state index in [4.69, 9.17) is 12.2 Å². The monoisotopic (exact) mass is 300 g/mol. The van der Waals surface area contributed by atoms with E-state index in [0.717, 1.165) is 23.1 Å². The molecule has 0 unspecified atom stereocenters. The van der Waals surface area contributed by atoms with Crippen molar-refractivity contribution in [2.45, 2.75) is 19.9 Å². The molecule has 0 spiro atoms. The highest BCUT2D eigenvalue weighted by Gasteiger charge is 2.06. The highest BCUT2D eigenvalue weighted by Crippen LogP contribution is 2.12. The Balaban J connectivity index is 2.14. The summed E-state index contributed by atoms with van der Waals surface area (Å²) in [7, 11) is -3.13. The Morgan fingerprint density at radius 3 is 2.89 bits per heavy atom. The van der Waals surface area contributed by atoms with Crippen molar-refractivity contribution in [3.8, 4) is 0 Å². The van der Waals surface area contributed by atoms with Crippen molar-refractivity contribution in [1.82, 2.24) is 19.3 Å². The maximum absolute atomic E-state index is 11.0. The zero-order valence-electron chi connectivity index (χ0n) is 10.8. The number of nitrogens with zero attached hydrogens (tertiary/aromatic N) is 2. The SMILES string of the molecule is Cc1ccc2[nH]c(=S)n(CCCNS(C)(=O)=O)c2n1. The molecule has 2 aromatic heterocycles. The molecule has 6 nitrogen and oxygen atoms in total. The van der Waals surface area contributed by atoms with Gasteiger partial charge in [0.2, 0.25) is 10.0 Å². The van der Waals surface area contributed by atoms with E-state index in [-0.39, 0.29) is 0 Å². The maximum atomic E-state index is 11.0. The normalized spacial score (nSPS) is 12.1. The molecule has 0 fully saturated rings. The van der Waals surface area contributed by atoms with E-state index >= 15 is 0 Å². The summed E-state index contributed by atoms with van der Waals surface area (Å²) < 4.78 is 26.9. The van der Waals surface area contributed by atoms with Crippen LogP contribution in [0.1, 0.15) is 12.1 Å². The summed E-state index contributed by atoms with van der Waals surface area (Å²) >= 11 is 5.25. The Kier molecular flexibility index (Phi) is 4.02. The summed E-state index contributed by atoms with van der Waals surface area (Å²) in [4.78, 5) is 7.54. The lowest BCUT2D eigenvalue weighted by molar-refractivity contribution is 0.576. The number of hydrogen-bond donors (Lipinski definition) is 2. The van der Waals surface area contributed by atoms with Crippen molar-refractivity contribution in [1.29, 1.82) is 0 Å². The quantitative estimate of drug-likeness (QED) is 0.645. The minimum absolute atomic E-state index is 0.388. The molecular formula is C11H16N4O2S2. The number of rotatable bonds is 5. The smallest absolute Gasteiger partial charge is 0.208 e. The largest absolute Gasteiger partial charge is 0.329 e. The van der Waals surface area contributed by atoms with E-state index in [2.05, 4.69) is 14.7 Å². The first-order chi connectivity index (χ1) is 8.87. The molecule has 0 atom stereocenters. The zero-order chi connectivity index (χ0) is 14.0. The van der Waals surface area contributed by atoms with E-state index in [1.54, 1.807) is 0 Å². The number of sulfonamides is 1. The number of pyridine rings is 1. The molecule has 0 saturated carbocycles. The second-order valence-electron chi connectivity index (χ2n) is 4.43. The van der Waals surface area contributed by atoms with Crippen molar-refractivity contribution in [3.05, 3.63) is 22.6 Å². The van der Waals surface area contributed by atoms with Gasteiger partial charge in [-0.25, -0.2) is 18.1 Å². The molecule has 19 heavy (non-hydrogen) atoms. The van der Waals surface area contributed by atoms with E-state index in [1.165, 1.54) is 0 Å². The van der Waals surface area contributed by atoms with E-state index in [9.17, 15) is 8.42 Å². The van der Waals surface area contributed by atoms with Crippen LogP contribution in [0.3, 0.4) is 0 Å². The van der Waals surface area contributed by atoms with Gasteiger partial charge in [-0.15, -0.1) is 0 Å². The van der Waals surface area contributed by atoms with E-state index in [1.807, 2.05) is 23.6 Å². The average molecular weight is 300 g/mol. The van der Waals surface area contributed by atoms with Crippen LogP contribution < -0.4 is 4.72 Å². The number of hydrogen-bond acceptors (Lipinski definition) is 4. The summed E-state index contributed by atoms with van der Waals surface area (Å²) in [5, 5.41) is 0. The highest BCUT2D eigenvalue weighted by atomic mass is 32.2. The maximum Gasteiger partial charge on any atom is 0.208 e. The molecule has 0 aliphatic heterocycles. The Labute approximate surface area is 116 Å². The fourth-order valence-corrected chi connectivity index (χ4v) is 2.63. The zero-order valence-corrected chi connectivity index (χ0v) is 12.4. The Morgan fingerprint density at radius 1 is 1.47 bits per heavy atom. The molecule has 0 radical (unpaired) electrons. The van der Waals surface area contributed by atoms with Crippen molar-refractivity contribution in [3.63, 3.8) is 0 Å². The lowest BCUT2D eigenvalue weighted by Crippen LogP contribution is -2.23. The standard InChI is InChI=1S/C11H16N4O2S2/c1-8-4-5-9-10(13-8)15(11(18)14-9)7-3-6-12-19(2,16)17/h4-5,12H,3,6-7H2,1-2H3,(H,14,18). The molecule has 8 heteroatoms. The van der Waals surface area contributed by atoms with Gasteiger partial charge in [-0.2, -0.15) is 0 Å². The number of nitrogens with one attached hydrogen (secondary N) is 2. The second kappa shape index (κ2) is 5.40. The highest BCUT2D eigenvalue weighted by molar-refractivity contribution is 7.88. The van der Waals surface area contributed by atoms with Gasteiger partial charge in [0, 0.05) is 18.8 Å². The summed E-state index contributed by atoms with van der Waals surface area (Å²) in [5.41, 5.74) is 2.63. The van der Waals surface area contributed by atoms with Crippen molar-refractivity contribution in [2.24, 2.45) is 0 Å². The lowest BCUT2D eigenvalue weighted by Gasteiger charge is -2.05. The van der Waals surface area contributed by atoms with Crippen LogP contribution in [0.4, 0.5) is 0 Å². The molecule has 2 N–H and O–H groups in total. The van der Waals surface area contributed by atoms with Gasteiger partial charge in [0.25, 0.3) is 0 Å². The predicted octanol–water partition coefficient (Wildman–Crippen LogP) is 1.34. The first kappa shape index (κ1) is 14.2. The third-order valence-electron chi connectivity index (χ3n) is 2.68. The number of fused-ring (bicyclic) bond motifs is 1. The van der Waals surface area contributed by atoms with Gasteiger partial charge in [0.1, 0.15) is 0 Å². The van der Waals surface area contributed by atoms with E-state index < -0.39 is 10.0 Å². The van der Waals surface area contributed by atoms with Gasteiger partial charge < -0.3 is 9.55 Å². The number of H-pyrrole nitrogens is 1. The van der Waals surface area contributed by atoms with Crippen LogP contribution in [-0.2, 0) is 16.6 Å². The summed E-state index contributed by atoms with van der Waals surface area (Å²) in [5.74, 6) is 0. The van der Waals surface area contributed by atoms with Crippen LogP contribution in [0.25, 0.3) is 11.2 Å². The molecule has 0 saturated heterocycles. The molecule has 0 bridgehead atoms. The molecule has 104 valence electrons. The average Bonchev–Trinajstić information content (AvgIpc) is 2.59. The number of aromatic nitrogens is 3. The molecular weight excluding hydrogens is 284 g/mol. The van der Waals surface area contributed by atoms with Crippen LogP contribution in [0.2, 0.25) is 0 Å². The van der Waals surface area contributed by atoms with Crippen molar-refractivity contribution >= 4 is 33.4 Å². The molecule has 0 aliphatic rings. The van der Waals surface area contributed by atoms with Gasteiger partial charge in [-0.3, -0.25) is 0 Å². The molecule has 0 aliphatic carbocycles. The minimum atomic E-state index is -3.13. The van der Waals surface area contributed by atoms with Gasteiger partial charge in [0.05, 0.1) is 11.8 Å². The molecule has 2 heterocycles. The Bertz CT molecular complexity index is 746. The van der Waals surface area contributed by atoms with Crippen molar-refractivity contribution in [2.75, 3.05) is 12.8 Å². The fourth-order valence-electron chi connectivity index (χ4n) is 1.83. The summed E-state index contributed by atoms with van der Waals surface area (Å²) in [6.45, 7) is 2.93. The van der Waals surface area contributed by atoms with Crippen LogP contribution >= 0.6 is 12.2 Å². The van der Waals surface area contributed by atoms with Crippen molar-refractivity contribution < 1.29 is 8.42 Å². The van der Waals surface area contributed by atoms with Crippen LogP contribution in [-0.4, -0.2) is 35.8 Å². The molecule has 2 rings (SSSR count). The van der Waals surface area contributed by atoms with Crippen LogP contribution in [0.15, 0.2) is 12.1 Å². The first-order valence-corrected chi connectivity index (χ1v) is 8.17. The predicted molar refractivity (Wildman–Crippen MR) is 77.1 cm³/mol. The van der Waals surface area contributed by atoms with Gasteiger partial charge in [0.15, 0.2) is 10.4 Å². The molecule has 0 aromatic carbocycles. The second-order valence-corrected chi connectivity index (χ2v) is 6.65. The summed E-state index contributed by atoms with van der Waals surface area (Å²) in [6, 6.07) is 3.86. The molecule has 2 aromatic rings. The summed E-state index contributed by atoms with van der Waals surface area (Å²) in [6.07, 6.45) is 1.80. The number of imidazole rings is 1. The van der Waals surface area contributed by atoms with E-state index in [0.29, 0.717) is 24.3 Å². The van der Waals surface area contributed by atoms with Crippen LogP contribution in [0, 0.1) is 11.7 Å². The number of aryl methyl sites for hydroxylation is 2. The third-order valence-corrected chi connectivity index (χ3v) is 3.73. The fraction of sp³-hybridized carbons (Fsp3) is 0.455. The third kappa shape index (κ3) is 3.62. The van der Waals surface area contributed by atoms with Crippen LogP contribution in [0.5, 0.6) is 0 Å². The minimum Gasteiger partial charge on any atom is -0.329 e. The Morgan fingerprint density at radius 2 is 2.21 bits per heavy atom. The van der Waals surface area contributed by atoms with Gasteiger partial charge >= 0.3 is 0 Å². The first-order valence-electron chi connectivity index (χ1n) is 5.87. The van der Waals surface area contributed by atoms with Gasteiger partial charge in [-0.1, -0.05) is 0 Å². The lowest BCUT2D eigenvalue weighted by atomic mass is 10.3. The molecule has 0 amide bonds. The Hall–Kier alpha value is -1.25. The topological polar surface area (TPSA) is 79.8 Å².